The quantitative estimate of drug-likeness (QED) is 0.762. The van der Waals surface area contributed by atoms with Gasteiger partial charge in [0, 0.05) is 11.7 Å². The molecule has 2 amide bonds. The number of hydrogen-bond acceptors (Lipinski definition) is 4. The minimum atomic E-state index is -0.231. The van der Waals surface area contributed by atoms with Crippen LogP contribution in [0.2, 0.25) is 0 Å². The van der Waals surface area contributed by atoms with Gasteiger partial charge >= 0.3 is 0 Å². The molecule has 100 valence electrons. The monoisotopic (exact) mass is 259 g/mol. The Balaban J connectivity index is 1.91. The first kappa shape index (κ1) is 12.2. The van der Waals surface area contributed by atoms with Crippen molar-refractivity contribution in [2.45, 2.75) is 18.9 Å². The van der Waals surface area contributed by atoms with Gasteiger partial charge in [-0.15, -0.1) is 0 Å². The molecule has 5 nitrogen and oxygen atoms in total. The van der Waals surface area contributed by atoms with Crippen LogP contribution in [0.5, 0.6) is 0 Å². The molecule has 2 N–H and O–H groups in total. The molecule has 1 aromatic carbocycles. The molecule has 2 saturated heterocycles. The van der Waals surface area contributed by atoms with E-state index in [1.807, 2.05) is 23.1 Å². The third-order valence-corrected chi connectivity index (χ3v) is 3.66. The van der Waals surface area contributed by atoms with E-state index in [0.29, 0.717) is 6.04 Å². The molecule has 3 rings (SSSR count). The van der Waals surface area contributed by atoms with Crippen molar-refractivity contribution in [1.29, 1.82) is 0 Å². The van der Waals surface area contributed by atoms with E-state index in [-0.39, 0.29) is 24.9 Å². The Kier molecular flexibility index (Phi) is 3.21. The zero-order chi connectivity index (χ0) is 13.2. The lowest BCUT2D eigenvalue weighted by Crippen LogP contribution is -2.51. The molecule has 0 spiro atoms. The maximum Gasteiger partial charge on any atom is 0.246 e. The number of para-hydroxylation sites is 1. The minimum Gasteiger partial charge on any atom is -0.353 e. The van der Waals surface area contributed by atoms with Crippen molar-refractivity contribution in [3.8, 4) is 0 Å². The van der Waals surface area contributed by atoms with Crippen LogP contribution in [0.15, 0.2) is 24.3 Å². The van der Waals surface area contributed by atoms with E-state index >= 15 is 0 Å². The standard InChI is InChI=1S/C14H17N3O2/c18-13-8-17(9-14(19)16-13)12-6-2-1-4-10(12)11-5-3-7-15-11/h1-2,4,6,11,15H,3,5,7-9H2,(H,16,18,19). The summed E-state index contributed by atoms with van der Waals surface area (Å²) >= 11 is 0. The van der Waals surface area contributed by atoms with Crippen LogP contribution in [-0.4, -0.2) is 31.4 Å². The van der Waals surface area contributed by atoms with E-state index in [9.17, 15) is 9.59 Å². The Morgan fingerprint density at radius 1 is 1.11 bits per heavy atom. The van der Waals surface area contributed by atoms with E-state index in [2.05, 4.69) is 16.7 Å². The second-order valence-corrected chi connectivity index (χ2v) is 5.04. The first-order valence-corrected chi connectivity index (χ1v) is 6.64. The summed E-state index contributed by atoms with van der Waals surface area (Å²) < 4.78 is 0. The Hall–Kier alpha value is -1.88. The summed E-state index contributed by atoms with van der Waals surface area (Å²) in [4.78, 5) is 24.9. The van der Waals surface area contributed by atoms with E-state index in [0.717, 1.165) is 18.7 Å². The van der Waals surface area contributed by atoms with Gasteiger partial charge in [-0.2, -0.15) is 0 Å². The number of carbonyl (C=O) groups excluding carboxylic acids is 2. The van der Waals surface area contributed by atoms with Crippen molar-refractivity contribution in [2.75, 3.05) is 24.5 Å². The molecule has 2 heterocycles. The Labute approximate surface area is 112 Å². The number of nitrogens with zero attached hydrogens (tertiary/aromatic N) is 1. The molecule has 19 heavy (non-hydrogen) atoms. The van der Waals surface area contributed by atoms with E-state index in [1.54, 1.807) is 0 Å². The molecule has 5 heteroatoms. The molecule has 0 aliphatic carbocycles. The van der Waals surface area contributed by atoms with Gasteiger partial charge in [0.1, 0.15) is 0 Å². The largest absolute Gasteiger partial charge is 0.353 e. The van der Waals surface area contributed by atoms with Crippen molar-refractivity contribution in [3.63, 3.8) is 0 Å². The van der Waals surface area contributed by atoms with Crippen LogP contribution in [-0.2, 0) is 9.59 Å². The number of piperazine rings is 1. The lowest BCUT2D eigenvalue weighted by molar-refractivity contribution is -0.130. The molecule has 0 radical (unpaired) electrons. The number of benzene rings is 1. The maximum atomic E-state index is 11.5. The maximum absolute atomic E-state index is 11.5. The van der Waals surface area contributed by atoms with Crippen LogP contribution in [0.3, 0.4) is 0 Å². The molecule has 2 aliphatic rings. The fourth-order valence-corrected chi connectivity index (χ4v) is 2.83. The van der Waals surface area contributed by atoms with Crippen molar-refractivity contribution in [1.82, 2.24) is 10.6 Å². The van der Waals surface area contributed by atoms with Crippen LogP contribution in [0.25, 0.3) is 0 Å². The third-order valence-electron chi connectivity index (χ3n) is 3.66. The van der Waals surface area contributed by atoms with Crippen LogP contribution in [0, 0.1) is 0 Å². The topological polar surface area (TPSA) is 61.4 Å². The van der Waals surface area contributed by atoms with E-state index in [4.69, 9.17) is 0 Å². The van der Waals surface area contributed by atoms with Crippen molar-refractivity contribution in [2.24, 2.45) is 0 Å². The average molecular weight is 259 g/mol. The highest BCUT2D eigenvalue weighted by Gasteiger charge is 2.26. The summed E-state index contributed by atoms with van der Waals surface area (Å²) in [6.07, 6.45) is 2.27. The van der Waals surface area contributed by atoms with Gasteiger partial charge in [0.25, 0.3) is 0 Å². The van der Waals surface area contributed by atoms with Crippen molar-refractivity contribution < 1.29 is 9.59 Å². The first-order chi connectivity index (χ1) is 9.24. The average Bonchev–Trinajstić information content (AvgIpc) is 2.91. The molecule has 0 aromatic heterocycles. The molecule has 0 saturated carbocycles. The number of rotatable bonds is 2. The molecular weight excluding hydrogens is 242 g/mol. The van der Waals surface area contributed by atoms with E-state index in [1.165, 1.54) is 12.0 Å². The lowest BCUT2D eigenvalue weighted by atomic mass is 10.0. The highest BCUT2D eigenvalue weighted by atomic mass is 16.2. The van der Waals surface area contributed by atoms with Gasteiger partial charge in [0.2, 0.25) is 11.8 Å². The fourth-order valence-electron chi connectivity index (χ4n) is 2.83. The predicted molar refractivity (Wildman–Crippen MR) is 71.8 cm³/mol. The van der Waals surface area contributed by atoms with Gasteiger partial charge < -0.3 is 10.2 Å². The first-order valence-electron chi connectivity index (χ1n) is 6.64. The normalized spacial score (nSPS) is 23.6. The van der Waals surface area contributed by atoms with Crippen LogP contribution >= 0.6 is 0 Å². The van der Waals surface area contributed by atoms with Gasteiger partial charge in [-0.1, -0.05) is 18.2 Å². The van der Waals surface area contributed by atoms with Crippen molar-refractivity contribution in [3.05, 3.63) is 29.8 Å². The second-order valence-electron chi connectivity index (χ2n) is 5.04. The number of amides is 2. The molecule has 1 unspecified atom stereocenters. The fraction of sp³-hybridized carbons (Fsp3) is 0.429. The predicted octanol–water partition coefficient (Wildman–Crippen LogP) is 0.574. The van der Waals surface area contributed by atoms with Gasteiger partial charge in [-0.25, -0.2) is 0 Å². The number of carbonyl (C=O) groups is 2. The van der Waals surface area contributed by atoms with Crippen LogP contribution in [0.4, 0.5) is 5.69 Å². The summed E-state index contributed by atoms with van der Waals surface area (Å²) in [7, 11) is 0. The number of hydrogen-bond donors (Lipinski definition) is 2. The van der Waals surface area contributed by atoms with E-state index < -0.39 is 0 Å². The molecule has 1 atom stereocenters. The summed E-state index contributed by atoms with van der Waals surface area (Å²) in [5, 5.41) is 5.80. The number of imide groups is 1. The number of anilines is 1. The Bertz CT molecular complexity index is 493. The zero-order valence-electron chi connectivity index (χ0n) is 10.7. The number of nitrogens with one attached hydrogen (secondary N) is 2. The van der Waals surface area contributed by atoms with Crippen LogP contribution in [0.1, 0.15) is 24.4 Å². The Morgan fingerprint density at radius 2 is 1.84 bits per heavy atom. The van der Waals surface area contributed by atoms with Gasteiger partial charge in [0.15, 0.2) is 0 Å². The smallest absolute Gasteiger partial charge is 0.246 e. The second kappa shape index (κ2) is 5.01. The van der Waals surface area contributed by atoms with Gasteiger partial charge in [-0.05, 0) is 31.0 Å². The molecule has 0 bridgehead atoms. The van der Waals surface area contributed by atoms with Gasteiger partial charge in [-0.3, -0.25) is 14.9 Å². The lowest BCUT2D eigenvalue weighted by Gasteiger charge is -2.30. The SMILES string of the molecule is O=C1CN(c2ccccc2C2CCCN2)CC(=O)N1. The Morgan fingerprint density at radius 3 is 2.53 bits per heavy atom. The highest BCUT2D eigenvalue weighted by molar-refractivity contribution is 6.02. The highest BCUT2D eigenvalue weighted by Crippen LogP contribution is 2.31. The molecular formula is C14H17N3O2. The molecule has 2 aliphatic heterocycles. The van der Waals surface area contributed by atoms with Gasteiger partial charge in [0.05, 0.1) is 13.1 Å². The summed E-state index contributed by atoms with van der Waals surface area (Å²) in [5.74, 6) is -0.462. The molecule has 2 fully saturated rings. The summed E-state index contributed by atoms with van der Waals surface area (Å²) in [6, 6.07) is 8.35. The van der Waals surface area contributed by atoms with Crippen LogP contribution < -0.4 is 15.5 Å². The van der Waals surface area contributed by atoms with Crippen molar-refractivity contribution >= 4 is 17.5 Å². The minimum absolute atomic E-state index is 0.231. The zero-order valence-corrected chi connectivity index (χ0v) is 10.7. The molecule has 1 aromatic rings. The summed E-state index contributed by atoms with van der Waals surface area (Å²) in [5.41, 5.74) is 2.17. The third kappa shape index (κ3) is 2.46. The summed E-state index contributed by atoms with van der Waals surface area (Å²) in [6.45, 7) is 1.52.